The molecule has 0 saturated heterocycles. The largest absolute Gasteiger partial charge is 0.493 e. The predicted octanol–water partition coefficient (Wildman–Crippen LogP) is 1.18. The molecule has 0 unspecified atom stereocenters. The molecule has 0 amide bonds. The number of anilines is 1. The van der Waals surface area contributed by atoms with E-state index in [1.807, 2.05) is 13.8 Å². The van der Waals surface area contributed by atoms with Gasteiger partial charge in [-0.15, -0.1) is 0 Å². The van der Waals surface area contributed by atoms with Crippen LogP contribution in [0.3, 0.4) is 0 Å². The van der Waals surface area contributed by atoms with Crippen molar-refractivity contribution in [2.75, 3.05) is 32.1 Å². The van der Waals surface area contributed by atoms with Crippen LogP contribution in [0.15, 0.2) is 12.1 Å². The lowest BCUT2D eigenvalue weighted by molar-refractivity contribution is 0.0512. The molecule has 1 aromatic carbocycles. The van der Waals surface area contributed by atoms with Crippen molar-refractivity contribution in [2.45, 2.75) is 13.8 Å². The van der Waals surface area contributed by atoms with Gasteiger partial charge in [0.1, 0.15) is 23.7 Å². The predicted molar refractivity (Wildman–Crippen MR) is 72.5 cm³/mol. The zero-order chi connectivity index (χ0) is 14.3. The van der Waals surface area contributed by atoms with Gasteiger partial charge in [-0.1, -0.05) is 0 Å². The lowest BCUT2D eigenvalue weighted by Crippen LogP contribution is -2.15. The van der Waals surface area contributed by atoms with Crippen LogP contribution in [-0.4, -0.2) is 32.3 Å². The van der Waals surface area contributed by atoms with Gasteiger partial charge in [-0.3, -0.25) is 0 Å². The van der Waals surface area contributed by atoms with Gasteiger partial charge in [0.2, 0.25) is 0 Å². The minimum Gasteiger partial charge on any atom is -0.493 e. The molecule has 1 aromatic rings. The second-order valence-electron chi connectivity index (χ2n) is 3.68. The fourth-order valence-electron chi connectivity index (χ4n) is 1.52. The third-order valence-corrected chi connectivity index (χ3v) is 2.28. The van der Waals surface area contributed by atoms with E-state index >= 15 is 0 Å². The molecular weight excluding hydrogens is 248 g/mol. The average Bonchev–Trinajstić information content (AvgIpc) is 2.39. The van der Waals surface area contributed by atoms with Gasteiger partial charge in [-0.2, -0.15) is 0 Å². The average molecular weight is 268 g/mol. The van der Waals surface area contributed by atoms with E-state index in [2.05, 4.69) is 0 Å². The Labute approximate surface area is 112 Å². The molecule has 6 heteroatoms. The van der Waals surface area contributed by atoms with Gasteiger partial charge in [0.15, 0.2) is 0 Å². The number of hydrogen-bond donors (Lipinski definition) is 2. The number of rotatable bonds is 7. The Bertz CT molecular complexity index is 435. The molecule has 0 radical (unpaired) electrons. The van der Waals surface area contributed by atoms with Gasteiger partial charge in [0.25, 0.3) is 0 Å². The fourth-order valence-corrected chi connectivity index (χ4v) is 1.52. The smallest absolute Gasteiger partial charge is 0.342 e. The van der Waals surface area contributed by atoms with Crippen molar-refractivity contribution in [1.29, 1.82) is 0 Å². The summed E-state index contributed by atoms with van der Waals surface area (Å²) >= 11 is 0. The van der Waals surface area contributed by atoms with Crippen LogP contribution >= 0.6 is 0 Å². The maximum absolute atomic E-state index is 11.9. The molecular formula is C13H20N2O4. The minimum atomic E-state index is -0.505. The maximum Gasteiger partial charge on any atom is 0.342 e. The standard InChI is InChI=1S/C13H20N2O4/c1-3-17-11-8-10(15)12(18-4-2)7-9(11)13(16)19-6-5-14/h7-8H,3-6,14-15H2,1-2H3. The second-order valence-corrected chi connectivity index (χ2v) is 3.68. The molecule has 4 N–H and O–H groups in total. The highest BCUT2D eigenvalue weighted by atomic mass is 16.5. The van der Waals surface area contributed by atoms with Gasteiger partial charge in [0.05, 0.1) is 18.9 Å². The summed E-state index contributed by atoms with van der Waals surface area (Å²) in [5, 5.41) is 0. The molecule has 106 valence electrons. The first-order valence-corrected chi connectivity index (χ1v) is 6.20. The molecule has 0 aliphatic rings. The summed E-state index contributed by atoms with van der Waals surface area (Å²) < 4.78 is 15.7. The number of benzene rings is 1. The zero-order valence-electron chi connectivity index (χ0n) is 11.3. The van der Waals surface area contributed by atoms with E-state index in [1.165, 1.54) is 6.07 Å². The second kappa shape index (κ2) is 7.48. The SMILES string of the molecule is CCOc1cc(C(=O)OCCN)c(OCC)cc1N. The highest BCUT2D eigenvalue weighted by molar-refractivity contribution is 5.94. The number of hydrogen-bond acceptors (Lipinski definition) is 6. The molecule has 0 fully saturated rings. The van der Waals surface area contributed by atoms with E-state index in [0.717, 1.165) is 0 Å². The Kier molecular flexibility index (Phi) is 5.95. The zero-order valence-corrected chi connectivity index (χ0v) is 11.3. The van der Waals surface area contributed by atoms with Crippen molar-refractivity contribution in [3.8, 4) is 11.5 Å². The van der Waals surface area contributed by atoms with E-state index in [4.69, 9.17) is 25.7 Å². The van der Waals surface area contributed by atoms with Crippen molar-refractivity contribution in [1.82, 2.24) is 0 Å². The van der Waals surface area contributed by atoms with E-state index < -0.39 is 5.97 Å². The molecule has 0 aliphatic heterocycles. The lowest BCUT2D eigenvalue weighted by Gasteiger charge is -2.14. The van der Waals surface area contributed by atoms with Gasteiger partial charge < -0.3 is 25.7 Å². The van der Waals surface area contributed by atoms with Crippen molar-refractivity contribution in [3.05, 3.63) is 17.7 Å². The maximum atomic E-state index is 11.9. The monoisotopic (exact) mass is 268 g/mol. The van der Waals surface area contributed by atoms with Crippen LogP contribution in [-0.2, 0) is 4.74 Å². The van der Waals surface area contributed by atoms with Crippen molar-refractivity contribution >= 4 is 11.7 Å². The molecule has 6 nitrogen and oxygen atoms in total. The summed E-state index contributed by atoms with van der Waals surface area (Å²) in [6.45, 7) is 4.95. The van der Waals surface area contributed by atoms with Crippen LogP contribution in [0.5, 0.6) is 11.5 Å². The summed E-state index contributed by atoms with van der Waals surface area (Å²) in [6.07, 6.45) is 0. The van der Waals surface area contributed by atoms with Crippen LogP contribution < -0.4 is 20.9 Å². The molecule has 1 rings (SSSR count). The van der Waals surface area contributed by atoms with Crippen LogP contribution in [0.25, 0.3) is 0 Å². The number of nitrogens with two attached hydrogens (primary N) is 2. The van der Waals surface area contributed by atoms with E-state index in [1.54, 1.807) is 6.07 Å². The van der Waals surface area contributed by atoms with Gasteiger partial charge in [0, 0.05) is 18.7 Å². The van der Waals surface area contributed by atoms with Gasteiger partial charge >= 0.3 is 5.97 Å². The summed E-state index contributed by atoms with van der Waals surface area (Å²) in [5.41, 5.74) is 11.8. The number of carbonyl (C=O) groups excluding carboxylic acids is 1. The van der Waals surface area contributed by atoms with Gasteiger partial charge in [-0.25, -0.2) is 4.79 Å². The molecule has 19 heavy (non-hydrogen) atoms. The Morgan fingerprint density at radius 3 is 2.37 bits per heavy atom. The topological polar surface area (TPSA) is 96.8 Å². The van der Waals surface area contributed by atoms with Crippen LogP contribution in [0, 0.1) is 0 Å². The normalized spacial score (nSPS) is 10.1. The third kappa shape index (κ3) is 4.03. The minimum absolute atomic E-state index is 0.152. The molecule has 0 bridgehead atoms. The Balaban J connectivity index is 3.09. The quantitative estimate of drug-likeness (QED) is 0.569. The number of esters is 1. The van der Waals surface area contributed by atoms with Gasteiger partial charge in [-0.05, 0) is 13.8 Å². The van der Waals surface area contributed by atoms with Crippen molar-refractivity contribution in [3.63, 3.8) is 0 Å². The van der Waals surface area contributed by atoms with Crippen molar-refractivity contribution < 1.29 is 19.0 Å². The molecule has 0 aromatic heterocycles. The van der Waals surface area contributed by atoms with Crippen molar-refractivity contribution in [2.24, 2.45) is 5.73 Å². The van der Waals surface area contributed by atoms with Crippen LogP contribution in [0.1, 0.15) is 24.2 Å². The van der Waals surface area contributed by atoms with Crippen LogP contribution in [0.2, 0.25) is 0 Å². The van der Waals surface area contributed by atoms with E-state index in [-0.39, 0.29) is 18.7 Å². The highest BCUT2D eigenvalue weighted by Crippen LogP contribution is 2.31. The molecule has 0 spiro atoms. The van der Waals surface area contributed by atoms with E-state index in [9.17, 15) is 4.79 Å². The Morgan fingerprint density at radius 1 is 1.16 bits per heavy atom. The fraction of sp³-hybridized carbons (Fsp3) is 0.462. The number of carbonyl (C=O) groups is 1. The first-order chi connectivity index (χ1) is 9.13. The summed E-state index contributed by atoms with van der Waals surface area (Å²) in [4.78, 5) is 11.9. The third-order valence-electron chi connectivity index (χ3n) is 2.28. The number of nitrogen functional groups attached to an aromatic ring is 1. The first-order valence-electron chi connectivity index (χ1n) is 6.20. The summed E-state index contributed by atoms with van der Waals surface area (Å²) in [7, 11) is 0. The number of ether oxygens (including phenoxy) is 3. The lowest BCUT2D eigenvalue weighted by atomic mass is 10.1. The molecule has 0 aliphatic carbocycles. The van der Waals surface area contributed by atoms with E-state index in [0.29, 0.717) is 30.4 Å². The highest BCUT2D eigenvalue weighted by Gasteiger charge is 2.17. The summed E-state index contributed by atoms with van der Waals surface area (Å²) in [6, 6.07) is 3.09. The molecule has 0 saturated carbocycles. The Morgan fingerprint density at radius 2 is 1.79 bits per heavy atom. The Hall–Kier alpha value is -1.95. The summed E-state index contributed by atoms with van der Waals surface area (Å²) in [5.74, 6) is 0.311. The molecule has 0 atom stereocenters. The molecule has 0 heterocycles. The first kappa shape index (κ1) is 15.1. The van der Waals surface area contributed by atoms with Crippen LogP contribution in [0.4, 0.5) is 5.69 Å².